The molecular formula is C16H12N2O3. The van der Waals surface area contributed by atoms with Gasteiger partial charge in [0.1, 0.15) is 5.75 Å². The Morgan fingerprint density at radius 1 is 1.05 bits per heavy atom. The molecule has 0 fully saturated rings. The second-order valence-electron chi connectivity index (χ2n) is 4.45. The van der Waals surface area contributed by atoms with Crippen molar-refractivity contribution in [2.75, 3.05) is 5.32 Å². The Bertz CT molecular complexity index is 766. The molecule has 5 nitrogen and oxygen atoms in total. The fourth-order valence-electron chi connectivity index (χ4n) is 1.90. The zero-order valence-corrected chi connectivity index (χ0v) is 11.0. The molecule has 104 valence electrons. The number of nitrogens with one attached hydrogen (secondary N) is 1. The Hall–Kier alpha value is -3.08. The maximum Gasteiger partial charge on any atom is 0.277 e. The Morgan fingerprint density at radius 3 is 2.62 bits per heavy atom. The molecule has 0 saturated carbocycles. The number of phenolic OH excluding ortho intramolecular Hbond substituents is 1. The second kappa shape index (κ2) is 5.50. The maximum atomic E-state index is 12.1. The molecule has 0 aliphatic rings. The monoisotopic (exact) mass is 280 g/mol. The summed E-state index contributed by atoms with van der Waals surface area (Å²) in [5.74, 6) is 0.209. The molecule has 0 bridgehead atoms. The van der Waals surface area contributed by atoms with Gasteiger partial charge in [0.05, 0.1) is 0 Å². The van der Waals surface area contributed by atoms with Crippen molar-refractivity contribution in [2.45, 2.75) is 0 Å². The van der Waals surface area contributed by atoms with E-state index in [4.69, 9.17) is 4.52 Å². The molecule has 0 saturated heterocycles. The number of benzene rings is 2. The summed E-state index contributed by atoms with van der Waals surface area (Å²) in [4.78, 5) is 12.1. The molecule has 3 aromatic rings. The fraction of sp³-hybridized carbons (Fsp3) is 0. The van der Waals surface area contributed by atoms with E-state index in [2.05, 4.69) is 10.5 Å². The lowest BCUT2D eigenvalue weighted by Crippen LogP contribution is -2.11. The maximum absolute atomic E-state index is 12.1. The summed E-state index contributed by atoms with van der Waals surface area (Å²) in [5.41, 5.74) is 1.52. The van der Waals surface area contributed by atoms with Gasteiger partial charge in [0.15, 0.2) is 11.5 Å². The number of carbonyl (C=O) groups is 1. The average Bonchev–Trinajstić information content (AvgIpc) is 2.98. The van der Waals surface area contributed by atoms with Gasteiger partial charge in [-0.25, -0.2) is 0 Å². The first-order chi connectivity index (χ1) is 10.2. The number of hydrogen-bond donors (Lipinski definition) is 2. The molecule has 2 N–H and O–H groups in total. The van der Waals surface area contributed by atoms with E-state index >= 15 is 0 Å². The summed E-state index contributed by atoms with van der Waals surface area (Å²) >= 11 is 0. The van der Waals surface area contributed by atoms with Gasteiger partial charge in [0.25, 0.3) is 5.91 Å². The molecule has 1 heterocycles. The number of carbonyl (C=O) groups excluding carboxylic acids is 1. The van der Waals surface area contributed by atoms with Crippen LogP contribution in [0.2, 0.25) is 0 Å². The largest absolute Gasteiger partial charge is 0.508 e. The van der Waals surface area contributed by atoms with E-state index in [1.807, 2.05) is 30.3 Å². The number of phenols is 1. The van der Waals surface area contributed by atoms with E-state index in [1.54, 1.807) is 18.2 Å². The third-order valence-corrected chi connectivity index (χ3v) is 2.91. The molecule has 0 unspecified atom stereocenters. The number of amides is 1. The summed E-state index contributed by atoms with van der Waals surface area (Å²) in [7, 11) is 0. The van der Waals surface area contributed by atoms with Crippen molar-refractivity contribution < 1.29 is 14.4 Å². The second-order valence-corrected chi connectivity index (χ2v) is 4.45. The minimum atomic E-state index is -0.397. The van der Waals surface area contributed by atoms with Gasteiger partial charge in [0.2, 0.25) is 0 Å². The highest BCUT2D eigenvalue weighted by Crippen LogP contribution is 2.21. The topological polar surface area (TPSA) is 75.4 Å². The summed E-state index contributed by atoms with van der Waals surface area (Å²) in [6, 6.07) is 17.3. The van der Waals surface area contributed by atoms with E-state index in [0.29, 0.717) is 11.4 Å². The smallest absolute Gasteiger partial charge is 0.277 e. The molecule has 0 atom stereocenters. The standard InChI is InChI=1S/C16H12N2O3/c19-13-8-4-7-12(9-13)17-16(20)14-10-15(21-18-14)11-5-2-1-3-6-11/h1-10,19H,(H,17,20). The van der Waals surface area contributed by atoms with E-state index in [1.165, 1.54) is 12.1 Å². The van der Waals surface area contributed by atoms with Crippen LogP contribution in [0.4, 0.5) is 5.69 Å². The van der Waals surface area contributed by atoms with Crippen LogP contribution >= 0.6 is 0 Å². The van der Waals surface area contributed by atoms with Crippen molar-refractivity contribution in [1.29, 1.82) is 0 Å². The number of aromatic nitrogens is 1. The van der Waals surface area contributed by atoms with Gasteiger partial charge in [-0.1, -0.05) is 41.6 Å². The van der Waals surface area contributed by atoms with Crippen LogP contribution in [-0.2, 0) is 0 Å². The normalized spacial score (nSPS) is 10.3. The molecule has 0 radical (unpaired) electrons. The van der Waals surface area contributed by atoms with Crippen molar-refractivity contribution in [3.63, 3.8) is 0 Å². The van der Waals surface area contributed by atoms with Gasteiger partial charge in [-0.15, -0.1) is 0 Å². The number of rotatable bonds is 3. The van der Waals surface area contributed by atoms with E-state index in [0.717, 1.165) is 5.56 Å². The SMILES string of the molecule is O=C(Nc1cccc(O)c1)c1cc(-c2ccccc2)on1. The van der Waals surface area contributed by atoms with Crippen molar-refractivity contribution in [2.24, 2.45) is 0 Å². The minimum absolute atomic E-state index is 0.0814. The first-order valence-electron chi connectivity index (χ1n) is 6.35. The van der Waals surface area contributed by atoms with Crippen LogP contribution in [0.1, 0.15) is 10.5 Å². The molecule has 1 amide bonds. The molecule has 1 aromatic heterocycles. The van der Waals surface area contributed by atoms with E-state index in [9.17, 15) is 9.90 Å². The van der Waals surface area contributed by atoms with Crippen LogP contribution in [-0.4, -0.2) is 16.2 Å². The highest BCUT2D eigenvalue weighted by atomic mass is 16.5. The van der Waals surface area contributed by atoms with Crippen LogP contribution in [0.25, 0.3) is 11.3 Å². The summed E-state index contributed by atoms with van der Waals surface area (Å²) in [5, 5.41) is 15.8. The lowest BCUT2D eigenvalue weighted by Gasteiger charge is -2.02. The molecule has 0 aliphatic heterocycles. The lowest BCUT2D eigenvalue weighted by atomic mass is 10.1. The fourth-order valence-corrected chi connectivity index (χ4v) is 1.90. The molecule has 21 heavy (non-hydrogen) atoms. The van der Waals surface area contributed by atoms with Gasteiger partial charge in [-0.3, -0.25) is 4.79 Å². The quantitative estimate of drug-likeness (QED) is 0.771. The summed E-state index contributed by atoms with van der Waals surface area (Å²) in [6.07, 6.45) is 0. The zero-order valence-electron chi connectivity index (χ0n) is 11.0. The zero-order chi connectivity index (χ0) is 14.7. The highest BCUT2D eigenvalue weighted by Gasteiger charge is 2.13. The number of nitrogens with zero attached hydrogens (tertiary/aromatic N) is 1. The van der Waals surface area contributed by atoms with Crippen molar-refractivity contribution in [3.05, 3.63) is 66.4 Å². The highest BCUT2D eigenvalue weighted by molar-refractivity contribution is 6.03. The summed E-state index contributed by atoms with van der Waals surface area (Å²) in [6.45, 7) is 0. The Kier molecular flexibility index (Phi) is 3.39. The van der Waals surface area contributed by atoms with Gasteiger partial charge < -0.3 is 14.9 Å². The number of aromatic hydroxyl groups is 1. The van der Waals surface area contributed by atoms with Crippen molar-refractivity contribution >= 4 is 11.6 Å². The minimum Gasteiger partial charge on any atom is -0.508 e. The third-order valence-electron chi connectivity index (χ3n) is 2.91. The van der Waals surface area contributed by atoms with Gasteiger partial charge in [-0.05, 0) is 12.1 Å². The third kappa shape index (κ3) is 2.92. The first-order valence-corrected chi connectivity index (χ1v) is 6.35. The Morgan fingerprint density at radius 2 is 1.86 bits per heavy atom. The molecule has 3 rings (SSSR count). The number of hydrogen-bond acceptors (Lipinski definition) is 4. The molecule has 0 spiro atoms. The van der Waals surface area contributed by atoms with Gasteiger partial charge in [-0.2, -0.15) is 0 Å². The van der Waals surface area contributed by atoms with E-state index in [-0.39, 0.29) is 11.4 Å². The van der Waals surface area contributed by atoms with Crippen LogP contribution in [0.5, 0.6) is 5.75 Å². The number of anilines is 1. The first kappa shape index (κ1) is 12.9. The van der Waals surface area contributed by atoms with Crippen LogP contribution in [0.15, 0.2) is 65.2 Å². The molecule has 5 heteroatoms. The Balaban J connectivity index is 1.78. The predicted octanol–water partition coefficient (Wildman–Crippen LogP) is 3.30. The molecule has 2 aromatic carbocycles. The van der Waals surface area contributed by atoms with Crippen molar-refractivity contribution in [3.8, 4) is 17.1 Å². The van der Waals surface area contributed by atoms with Crippen molar-refractivity contribution in [1.82, 2.24) is 5.16 Å². The molecule has 0 aliphatic carbocycles. The van der Waals surface area contributed by atoms with Crippen LogP contribution in [0, 0.1) is 0 Å². The predicted molar refractivity (Wildman–Crippen MR) is 78.0 cm³/mol. The molecular weight excluding hydrogens is 268 g/mol. The summed E-state index contributed by atoms with van der Waals surface area (Å²) < 4.78 is 5.17. The Labute approximate surface area is 120 Å². The lowest BCUT2D eigenvalue weighted by molar-refractivity contribution is 0.101. The van der Waals surface area contributed by atoms with Gasteiger partial charge in [0, 0.05) is 23.4 Å². The average molecular weight is 280 g/mol. The van der Waals surface area contributed by atoms with Gasteiger partial charge >= 0.3 is 0 Å². The van der Waals surface area contributed by atoms with E-state index < -0.39 is 5.91 Å². The van der Waals surface area contributed by atoms with Crippen LogP contribution < -0.4 is 5.32 Å². The van der Waals surface area contributed by atoms with Crippen LogP contribution in [0.3, 0.4) is 0 Å².